The Kier molecular flexibility index (Phi) is 2.57. The van der Waals surface area contributed by atoms with Crippen LogP contribution < -0.4 is 0 Å². The summed E-state index contributed by atoms with van der Waals surface area (Å²) in [4.78, 5) is 0. The van der Waals surface area contributed by atoms with Gasteiger partial charge in [0, 0.05) is 5.57 Å². The molecule has 0 fully saturated rings. The minimum atomic E-state index is 1.15. The van der Waals surface area contributed by atoms with Gasteiger partial charge in [0.1, 0.15) is 0 Å². The molecule has 0 aromatic rings. The van der Waals surface area contributed by atoms with Crippen LogP contribution in [-0.2, 0) is 0 Å². The molecule has 54 valence electrons. The van der Waals surface area contributed by atoms with Crippen molar-refractivity contribution >= 4 is 0 Å². The lowest BCUT2D eigenvalue weighted by molar-refractivity contribution is 0.669. The van der Waals surface area contributed by atoms with Crippen molar-refractivity contribution < 1.29 is 0 Å². The summed E-state index contributed by atoms with van der Waals surface area (Å²) in [6.45, 7) is 2.19. The molecule has 0 aromatic carbocycles. The molecule has 0 bridgehead atoms. The highest BCUT2D eigenvalue weighted by Gasteiger charge is 2.07. The molecular formula is C10H14. The van der Waals surface area contributed by atoms with Gasteiger partial charge in [0.2, 0.25) is 0 Å². The van der Waals surface area contributed by atoms with Crippen LogP contribution in [0.15, 0.2) is 11.1 Å². The number of allylic oxidation sites excluding steroid dienone is 2. The third kappa shape index (κ3) is 1.42. The zero-order valence-electron chi connectivity index (χ0n) is 6.61. The van der Waals surface area contributed by atoms with E-state index in [0.717, 1.165) is 12.8 Å². The molecule has 0 atom stereocenters. The molecule has 0 aromatic heterocycles. The van der Waals surface area contributed by atoms with Crippen molar-refractivity contribution in [3.05, 3.63) is 11.1 Å². The second-order valence-corrected chi connectivity index (χ2v) is 2.79. The van der Waals surface area contributed by atoms with Crippen molar-refractivity contribution in [2.45, 2.75) is 39.0 Å². The Hall–Kier alpha value is -0.700. The van der Waals surface area contributed by atoms with Gasteiger partial charge >= 0.3 is 0 Å². The molecule has 0 radical (unpaired) electrons. The predicted molar refractivity (Wildman–Crippen MR) is 44.6 cm³/mol. The lowest BCUT2D eigenvalue weighted by Gasteiger charge is -2.14. The molecule has 0 heteroatoms. The summed E-state index contributed by atoms with van der Waals surface area (Å²) >= 11 is 0. The molecule has 0 heterocycles. The highest BCUT2D eigenvalue weighted by molar-refractivity contribution is 5.32. The minimum absolute atomic E-state index is 1.15. The van der Waals surface area contributed by atoms with Crippen molar-refractivity contribution in [3.8, 4) is 12.3 Å². The molecule has 0 saturated carbocycles. The maximum atomic E-state index is 5.36. The molecular weight excluding hydrogens is 120 g/mol. The Morgan fingerprint density at radius 1 is 1.40 bits per heavy atom. The van der Waals surface area contributed by atoms with E-state index in [1.807, 2.05) is 0 Å². The molecule has 0 amide bonds. The van der Waals surface area contributed by atoms with E-state index in [1.165, 1.54) is 30.4 Å². The fraction of sp³-hybridized carbons (Fsp3) is 0.600. The van der Waals surface area contributed by atoms with Crippen LogP contribution in [0.3, 0.4) is 0 Å². The van der Waals surface area contributed by atoms with E-state index in [1.54, 1.807) is 0 Å². The van der Waals surface area contributed by atoms with Crippen molar-refractivity contribution in [1.82, 2.24) is 0 Å². The smallest absolute Gasteiger partial charge is 0.000950 e. The molecule has 1 aliphatic rings. The van der Waals surface area contributed by atoms with Crippen LogP contribution in [0.2, 0.25) is 0 Å². The third-order valence-corrected chi connectivity index (χ3v) is 2.18. The van der Waals surface area contributed by atoms with E-state index < -0.39 is 0 Å². The average molecular weight is 134 g/mol. The van der Waals surface area contributed by atoms with E-state index in [-0.39, 0.29) is 0 Å². The normalized spacial score (nSPS) is 18.8. The fourth-order valence-corrected chi connectivity index (χ4v) is 1.53. The largest absolute Gasteiger partial charge is 0.115 e. The molecule has 1 rings (SSSR count). The molecule has 1 aliphatic carbocycles. The van der Waals surface area contributed by atoms with Crippen LogP contribution in [0.1, 0.15) is 39.0 Å². The van der Waals surface area contributed by atoms with Crippen molar-refractivity contribution in [1.29, 1.82) is 0 Å². The molecule has 0 saturated heterocycles. The maximum absolute atomic E-state index is 5.36. The Balaban J connectivity index is 2.75. The van der Waals surface area contributed by atoms with Crippen LogP contribution in [0.25, 0.3) is 0 Å². The van der Waals surface area contributed by atoms with Gasteiger partial charge in [0.25, 0.3) is 0 Å². The molecule has 0 spiro atoms. The van der Waals surface area contributed by atoms with Crippen molar-refractivity contribution in [3.63, 3.8) is 0 Å². The maximum Gasteiger partial charge on any atom is 0.000950 e. The Morgan fingerprint density at radius 3 is 2.60 bits per heavy atom. The van der Waals surface area contributed by atoms with Crippen LogP contribution in [-0.4, -0.2) is 0 Å². The first-order valence-electron chi connectivity index (χ1n) is 4.06. The Bertz CT molecular complexity index is 179. The summed E-state index contributed by atoms with van der Waals surface area (Å²) < 4.78 is 0. The number of hydrogen-bond donors (Lipinski definition) is 0. The van der Waals surface area contributed by atoms with Gasteiger partial charge in [-0.25, -0.2) is 0 Å². The first kappa shape index (κ1) is 7.41. The van der Waals surface area contributed by atoms with Crippen molar-refractivity contribution in [2.24, 2.45) is 0 Å². The summed E-state index contributed by atoms with van der Waals surface area (Å²) in [5.41, 5.74) is 2.81. The molecule has 0 unspecified atom stereocenters. The molecule has 0 aliphatic heterocycles. The van der Waals surface area contributed by atoms with Crippen LogP contribution in [0.5, 0.6) is 0 Å². The minimum Gasteiger partial charge on any atom is -0.115 e. The lowest BCUT2D eigenvalue weighted by atomic mass is 9.91. The van der Waals surface area contributed by atoms with Crippen LogP contribution in [0, 0.1) is 12.3 Å². The van der Waals surface area contributed by atoms with E-state index in [0.29, 0.717) is 0 Å². The third-order valence-electron chi connectivity index (χ3n) is 2.18. The van der Waals surface area contributed by atoms with Crippen LogP contribution in [0.4, 0.5) is 0 Å². The summed E-state index contributed by atoms with van der Waals surface area (Å²) in [5, 5.41) is 0. The fourth-order valence-electron chi connectivity index (χ4n) is 1.53. The topological polar surface area (TPSA) is 0 Å². The van der Waals surface area contributed by atoms with E-state index in [4.69, 9.17) is 6.42 Å². The van der Waals surface area contributed by atoms with E-state index in [2.05, 4.69) is 12.8 Å². The van der Waals surface area contributed by atoms with E-state index >= 15 is 0 Å². The van der Waals surface area contributed by atoms with Gasteiger partial charge in [0.15, 0.2) is 0 Å². The quantitative estimate of drug-likeness (QED) is 0.484. The van der Waals surface area contributed by atoms with Gasteiger partial charge in [-0.3, -0.25) is 0 Å². The number of rotatable bonds is 1. The van der Waals surface area contributed by atoms with Gasteiger partial charge in [-0.05, 0) is 32.1 Å². The van der Waals surface area contributed by atoms with Gasteiger partial charge in [0.05, 0.1) is 0 Å². The zero-order valence-corrected chi connectivity index (χ0v) is 6.61. The number of hydrogen-bond acceptors (Lipinski definition) is 0. The lowest BCUT2D eigenvalue weighted by Crippen LogP contribution is -1.96. The van der Waals surface area contributed by atoms with Gasteiger partial charge in [-0.15, -0.1) is 6.42 Å². The summed E-state index contributed by atoms with van der Waals surface area (Å²) in [6.07, 6.45) is 11.5. The molecule has 10 heavy (non-hydrogen) atoms. The van der Waals surface area contributed by atoms with E-state index in [9.17, 15) is 0 Å². The molecule has 0 nitrogen and oxygen atoms in total. The van der Waals surface area contributed by atoms with Gasteiger partial charge < -0.3 is 0 Å². The monoisotopic (exact) mass is 134 g/mol. The SMILES string of the molecule is C#CC1=C(CC)CCCC1. The van der Waals surface area contributed by atoms with Crippen molar-refractivity contribution in [2.75, 3.05) is 0 Å². The highest BCUT2D eigenvalue weighted by atomic mass is 14.1. The highest BCUT2D eigenvalue weighted by Crippen LogP contribution is 2.25. The Morgan fingerprint density at radius 2 is 2.10 bits per heavy atom. The summed E-state index contributed by atoms with van der Waals surface area (Å²) in [5.74, 6) is 2.78. The standard InChI is InChI=1S/C10H14/c1-3-9-7-5-6-8-10(9)4-2/h1H,4-8H2,2H3. The predicted octanol–water partition coefficient (Wildman–Crippen LogP) is 2.90. The second-order valence-electron chi connectivity index (χ2n) is 2.79. The average Bonchev–Trinajstić information content (AvgIpc) is 2.04. The first-order chi connectivity index (χ1) is 4.88. The second kappa shape index (κ2) is 3.46. The summed E-state index contributed by atoms with van der Waals surface area (Å²) in [6, 6.07) is 0. The summed E-state index contributed by atoms with van der Waals surface area (Å²) in [7, 11) is 0. The Labute approximate surface area is 63.3 Å². The van der Waals surface area contributed by atoms with Crippen LogP contribution >= 0.6 is 0 Å². The first-order valence-corrected chi connectivity index (χ1v) is 4.06. The van der Waals surface area contributed by atoms with Gasteiger partial charge in [-0.2, -0.15) is 0 Å². The molecule has 0 N–H and O–H groups in total. The van der Waals surface area contributed by atoms with Gasteiger partial charge in [-0.1, -0.05) is 18.4 Å². The number of terminal acetylenes is 1. The zero-order chi connectivity index (χ0) is 7.40.